The van der Waals surface area contributed by atoms with Gasteiger partial charge in [-0.25, -0.2) is 0 Å². The number of thioether (sulfide) groups is 1. The summed E-state index contributed by atoms with van der Waals surface area (Å²) >= 11 is 25.9. The van der Waals surface area contributed by atoms with Crippen LogP contribution >= 0.6 is 58.2 Å². The molecule has 1 N–H and O–H groups in total. The molecule has 0 saturated carbocycles. The maximum absolute atomic E-state index is 12.6. The van der Waals surface area contributed by atoms with Gasteiger partial charge in [0.15, 0.2) is 11.0 Å². The Balaban J connectivity index is 1.88. The number of nitrogens with zero attached hydrogens (tertiary/aromatic N) is 3. The summed E-state index contributed by atoms with van der Waals surface area (Å²) < 4.78 is 1.85. The van der Waals surface area contributed by atoms with Crippen molar-refractivity contribution in [1.82, 2.24) is 20.1 Å². The largest absolute Gasteiger partial charge is 0.345 e. The molecule has 0 saturated heterocycles. The zero-order valence-corrected chi connectivity index (χ0v) is 19.1. The van der Waals surface area contributed by atoms with Gasteiger partial charge in [-0.1, -0.05) is 65.1 Å². The highest BCUT2D eigenvalue weighted by Gasteiger charge is 2.17. The van der Waals surface area contributed by atoms with Crippen molar-refractivity contribution < 1.29 is 4.79 Å². The maximum Gasteiger partial charge on any atom is 0.253 e. The van der Waals surface area contributed by atoms with E-state index in [2.05, 4.69) is 22.4 Å². The molecule has 152 valence electrons. The highest BCUT2D eigenvalue weighted by molar-refractivity contribution is 7.99. The standard InChI is InChI=1S/C19H16Cl4N4OS/c1-2-7-29-19-26-25-17(27(19)12-4-6-15(22)16(23)9-12)10-24-18(28)13-8-11(20)3-5-14(13)21/h3-6,8-9H,2,7,10H2,1H3,(H,24,28). The van der Waals surface area contributed by atoms with Crippen LogP contribution in [0.4, 0.5) is 0 Å². The summed E-state index contributed by atoms with van der Waals surface area (Å²) in [5.74, 6) is 1.07. The first-order chi connectivity index (χ1) is 13.9. The molecule has 0 bridgehead atoms. The Morgan fingerprint density at radius 3 is 2.52 bits per heavy atom. The van der Waals surface area contributed by atoms with Gasteiger partial charge in [-0.2, -0.15) is 0 Å². The first-order valence-electron chi connectivity index (χ1n) is 8.66. The van der Waals surface area contributed by atoms with Crippen LogP contribution in [0.3, 0.4) is 0 Å². The van der Waals surface area contributed by atoms with E-state index < -0.39 is 0 Å². The van der Waals surface area contributed by atoms with Gasteiger partial charge in [-0.15, -0.1) is 10.2 Å². The molecule has 0 atom stereocenters. The molecule has 3 aromatic rings. The van der Waals surface area contributed by atoms with E-state index in [-0.39, 0.29) is 12.5 Å². The smallest absolute Gasteiger partial charge is 0.253 e. The third-order valence-electron chi connectivity index (χ3n) is 3.88. The Morgan fingerprint density at radius 2 is 1.79 bits per heavy atom. The second-order valence-corrected chi connectivity index (χ2v) is 8.71. The molecule has 0 fully saturated rings. The lowest BCUT2D eigenvalue weighted by Gasteiger charge is -2.12. The molecule has 0 unspecified atom stereocenters. The number of carbonyl (C=O) groups excluding carboxylic acids is 1. The molecular weight excluding hydrogens is 474 g/mol. The molecule has 3 rings (SSSR count). The zero-order valence-electron chi connectivity index (χ0n) is 15.3. The second-order valence-electron chi connectivity index (χ2n) is 5.99. The van der Waals surface area contributed by atoms with Gasteiger partial charge < -0.3 is 5.32 Å². The number of carbonyl (C=O) groups is 1. The van der Waals surface area contributed by atoms with Crippen LogP contribution < -0.4 is 5.32 Å². The van der Waals surface area contributed by atoms with Crippen LogP contribution in [-0.2, 0) is 6.54 Å². The van der Waals surface area contributed by atoms with E-state index in [1.807, 2.05) is 10.6 Å². The summed E-state index contributed by atoms with van der Waals surface area (Å²) in [5.41, 5.74) is 1.05. The van der Waals surface area contributed by atoms with Gasteiger partial charge in [-0.3, -0.25) is 9.36 Å². The molecule has 0 aliphatic rings. The number of nitrogens with one attached hydrogen (secondary N) is 1. The molecular formula is C19H16Cl4N4OS. The van der Waals surface area contributed by atoms with Crippen molar-refractivity contribution in [2.75, 3.05) is 5.75 Å². The van der Waals surface area contributed by atoms with Crippen LogP contribution in [0.25, 0.3) is 5.69 Å². The summed E-state index contributed by atoms with van der Waals surface area (Å²) in [5, 5.41) is 13.7. The number of aromatic nitrogens is 3. The predicted octanol–water partition coefficient (Wildman–Crippen LogP) is 6.31. The van der Waals surface area contributed by atoms with Crippen LogP contribution in [0.15, 0.2) is 41.6 Å². The number of amides is 1. The molecule has 2 aromatic carbocycles. The fraction of sp³-hybridized carbons (Fsp3) is 0.211. The summed E-state index contributed by atoms with van der Waals surface area (Å²) in [6, 6.07) is 10.00. The molecule has 1 heterocycles. The van der Waals surface area contributed by atoms with E-state index in [0.29, 0.717) is 36.6 Å². The summed E-state index contributed by atoms with van der Waals surface area (Å²) in [6.45, 7) is 2.23. The summed E-state index contributed by atoms with van der Waals surface area (Å²) in [4.78, 5) is 12.6. The normalized spacial score (nSPS) is 10.9. The number of rotatable bonds is 7. The van der Waals surface area contributed by atoms with Gasteiger partial charge in [-0.05, 0) is 42.8 Å². The second kappa shape index (κ2) is 10.0. The Bertz CT molecular complexity index is 1040. The Labute approximate surface area is 192 Å². The van der Waals surface area contributed by atoms with Crippen LogP contribution in [0, 0.1) is 0 Å². The summed E-state index contributed by atoms with van der Waals surface area (Å²) in [7, 11) is 0. The van der Waals surface area contributed by atoms with Gasteiger partial charge in [0.25, 0.3) is 5.91 Å². The van der Waals surface area contributed by atoms with Crippen molar-refractivity contribution in [1.29, 1.82) is 0 Å². The number of hydrogen-bond acceptors (Lipinski definition) is 4. The van der Waals surface area contributed by atoms with E-state index >= 15 is 0 Å². The van der Waals surface area contributed by atoms with Gasteiger partial charge in [0, 0.05) is 10.8 Å². The average molecular weight is 490 g/mol. The summed E-state index contributed by atoms with van der Waals surface area (Å²) in [6.07, 6.45) is 0.984. The molecule has 5 nitrogen and oxygen atoms in total. The van der Waals surface area contributed by atoms with E-state index in [0.717, 1.165) is 17.9 Å². The molecule has 0 aliphatic carbocycles. The lowest BCUT2D eigenvalue weighted by atomic mass is 10.2. The monoisotopic (exact) mass is 488 g/mol. The van der Waals surface area contributed by atoms with E-state index in [1.54, 1.807) is 36.0 Å². The Morgan fingerprint density at radius 1 is 1.03 bits per heavy atom. The highest BCUT2D eigenvalue weighted by atomic mass is 35.5. The van der Waals surface area contributed by atoms with E-state index in [1.165, 1.54) is 6.07 Å². The minimum absolute atomic E-state index is 0.140. The number of halogens is 4. The third-order valence-corrected chi connectivity index (χ3v) is 6.32. The number of benzene rings is 2. The van der Waals surface area contributed by atoms with Gasteiger partial charge in [0.1, 0.15) is 0 Å². The zero-order chi connectivity index (χ0) is 21.0. The van der Waals surface area contributed by atoms with Crippen molar-refractivity contribution >= 4 is 64.1 Å². The topological polar surface area (TPSA) is 59.8 Å². The van der Waals surface area contributed by atoms with Gasteiger partial charge in [0.2, 0.25) is 0 Å². The van der Waals surface area contributed by atoms with Crippen LogP contribution in [0.2, 0.25) is 20.1 Å². The maximum atomic E-state index is 12.6. The predicted molar refractivity (Wildman–Crippen MR) is 120 cm³/mol. The SMILES string of the molecule is CCCSc1nnc(CNC(=O)c2cc(Cl)ccc2Cl)n1-c1ccc(Cl)c(Cl)c1. The first kappa shape index (κ1) is 22.2. The molecule has 0 aliphatic heterocycles. The van der Waals surface area contributed by atoms with Crippen molar-refractivity contribution in [2.24, 2.45) is 0 Å². The molecule has 10 heteroatoms. The number of hydrogen-bond donors (Lipinski definition) is 1. The van der Waals surface area contributed by atoms with Crippen LogP contribution in [-0.4, -0.2) is 26.4 Å². The Kier molecular flexibility index (Phi) is 7.71. The van der Waals surface area contributed by atoms with E-state index in [9.17, 15) is 4.79 Å². The minimum atomic E-state index is -0.357. The Hall–Kier alpha value is -1.44. The van der Waals surface area contributed by atoms with Gasteiger partial charge >= 0.3 is 0 Å². The first-order valence-corrected chi connectivity index (χ1v) is 11.2. The lowest BCUT2D eigenvalue weighted by Crippen LogP contribution is -2.25. The molecule has 0 radical (unpaired) electrons. The quantitative estimate of drug-likeness (QED) is 0.395. The molecule has 1 amide bonds. The van der Waals surface area contributed by atoms with Crippen molar-refractivity contribution in [3.63, 3.8) is 0 Å². The van der Waals surface area contributed by atoms with Gasteiger partial charge in [0.05, 0.1) is 32.9 Å². The molecule has 1 aromatic heterocycles. The van der Waals surface area contributed by atoms with Crippen molar-refractivity contribution in [3.05, 3.63) is 67.9 Å². The third kappa shape index (κ3) is 5.38. The average Bonchev–Trinajstić information content (AvgIpc) is 3.11. The van der Waals surface area contributed by atoms with Crippen LogP contribution in [0.5, 0.6) is 0 Å². The van der Waals surface area contributed by atoms with Crippen LogP contribution in [0.1, 0.15) is 29.5 Å². The molecule has 29 heavy (non-hydrogen) atoms. The fourth-order valence-corrected chi connectivity index (χ4v) is 4.00. The van der Waals surface area contributed by atoms with Crippen molar-refractivity contribution in [2.45, 2.75) is 25.0 Å². The lowest BCUT2D eigenvalue weighted by molar-refractivity contribution is 0.0950. The highest BCUT2D eigenvalue weighted by Crippen LogP contribution is 2.28. The minimum Gasteiger partial charge on any atom is -0.345 e. The molecule has 0 spiro atoms. The fourth-order valence-electron chi connectivity index (χ4n) is 2.51. The van der Waals surface area contributed by atoms with Crippen molar-refractivity contribution in [3.8, 4) is 5.69 Å². The van der Waals surface area contributed by atoms with E-state index in [4.69, 9.17) is 46.4 Å².